The fourth-order valence-corrected chi connectivity index (χ4v) is 6.48. The number of rotatable bonds is 11. The number of aryl methyl sites for hydroxylation is 1. The van der Waals surface area contributed by atoms with Crippen molar-refractivity contribution in [2.45, 2.75) is 57.7 Å². The number of halogens is 2. The molecule has 1 aliphatic carbocycles. The molecular formula is C31H35BrClN3O4S. The van der Waals surface area contributed by atoms with E-state index in [1.165, 1.54) is 4.90 Å². The minimum atomic E-state index is -3.87. The maximum Gasteiger partial charge on any atom is 0.244 e. The van der Waals surface area contributed by atoms with E-state index in [-0.39, 0.29) is 24.9 Å². The molecule has 3 aromatic rings. The molecule has 0 saturated heterocycles. The maximum absolute atomic E-state index is 14.2. The van der Waals surface area contributed by atoms with Gasteiger partial charge in [-0.3, -0.25) is 13.9 Å². The molecule has 41 heavy (non-hydrogen) atoms. The molecule has 0 unspecified atom stereocenters. The summed E-state index contributed by atoms with van der Waals surface area (Å²) >= 11 is 9.67. The van der Waals surface area contributed by atoms with Gasteiger partial charge in [-0.25, -0.2) is 8.42 Å². The van der Waals surface area contributed by atoms with Crippen LogP contribution in [-0.2, 0) is 32.6 Å². The van der Waals surface area contributed by atoms with Crippen molar-refractivity contribution >= 4 is 55.1 Å². The summed E-state index contributed by atoms with van der Waals surface area (Å²) in [5.74, 6) is -0.726. The molecule has 1 N–H and O–H groups in total. The quantitative estimate of drug-likeness (QED) is 0.279. The Bertz CT molecular complexity index is 1460. The SMILES string of the molecule is Cc1ccc(Cl)cc1N(CC(=O)N(Cc1ccc(Br)cc1)[C@@H](Cc1ccccc1)C(=O)NC1CCCC1)S(C)(=O)=O. The average Bonchev–Trinajstić information content (AvgIpc) is 3.44. The largest absolute Gasteiger partial charge is 0.352 e. The number of hydrogen-bond donors (Lipinski definition) is 1. The van der Waals surface area contributed by atoms with Crippen LogP contribution in [0.2, 0.25) is 5.02 Å². The third-order valence-corrected chi connectivity index (χ3v) is 9.25. The van der Waals surface area contributed by atoms with Gasteiger partial charge in [0.2, 0.25) is 21.8 Å². The number of anilines is 1. The predicted octanol–water partition coefficient (Wildman–Crippen LogP) is 5.88. The van der Waals surface area contributed by atoms with Crippen LogP contribution in [0.3, 0.4) is 0 Å². The summed E-state index contributed by atoms with van der Waals surface area (Å²) in [4.78, 5) is 29.6. The zero-order valence-electron chi connectivity index (χ0n) is 23.2. The molecule has 1 fully saturated rings. The molecule has 1 saturated carbocycles. The Labute approximate surface area is 256 Å². The monoisotopic (exact) mass is 659 g/mol. The van der Waals surface area contributed by atoms with Gasteiger partial charge in [0.25, 0.3) is 0 Å². The normalized spacial score (nSPS) is 14.4. The van der Waals surface area contributed by atoms with Crippen LogP contribution in [0.5, 0.6) is 0 Å². The van der Waals surface area contributed by atoms with E-state index >= 15 is 0 Å². The predicted molar refractivity (Wildman–Crippen MR) is 167 cm³/mol. The summed E-state index contributed by atoms with van der Waals surface area (Å²) in [5.41, 5.74) is 2.70. The van der Waals surface area contributed by atoms with Gasteiger partial charge >= 0.3 is 0 Å². The van der Waals surface area contributed by atoms with Crippen molar-refractivity contribution < 1.29 is 18.0 Å². The molecule has 0 aromatic heterocycles. The zero-order valence-corrected chi connectivity index (χ0v) is 26.4. The van der Waals surface area contributed by atoms with Gasteiger partial charge in [0, 0.05) is 28.5 Å². The van der Waals surface area contributed by atoms with E-state index in [1.807, 2.05) is 54.6 Å². The molecule has 0 heterocycles. The lowest BCUT2D eigenvalue weighted by atomic mass is 10.0. The molecule has 1 atom stereocenters. The first-order valence-corrected chi connectivity index (χ1v) is 16.7. The molecule has 2 amide bonds. The van der Waals surface area contributed by atoms with Crippen LogP contribution in [0, 0.1) is 6.92 Å². The number of carbonyl (C=O) groups is 2. The van der Waals surface area contributed by atoms with Gasteiger partial charge in [-0.15, -0.1) is 0 Å². The zero-order chi connectivity index (χ0) is 29.6. The van der Waals surface area contributed by atoms with Crippen LogP contribution in [0.25, 0.3) is 0 Å². The highest BCUT2D eigenvalue weighted by atomic mass is 79.9. The van der Waals surface area contributed by atoms with Crippen molar-refractivity contribution in [2.24, 2.45) is 0 Å². The summed E-state index contributed by atoms with van der Waals surface area (Å²) in [6, 6.07) is 21.2. The third-order valence-electron chi connectivity index (χ3n) is 7.36. The number of benzene rings is 3. The first kappa shape index (κ1) is 31.1. The summed E-state index contributed by atoms with van der Waals surface area (Å²) in [6.07, 6.45) is 5.27. The molecule has 1 aliphatic rings. The molecule has 0 radical (unpaired) electrons. The topological polar surface area (TPSA) is 86.8 Å². The van der Waals surface area contributed by atoms with E-state index in [1.54, 1.807) is 25.1 Å². The highest BCUT2D eigenvalue weighted by Gasteiger charge is 2.34. The fraction of sp³-hybridized carbons (Fsp3) is 0.355. The molecule has 218 valence electrons. The van der Waals surface area contributed by atoms with E-state index in [0.717, 1.165) is 51.8 Å². The van der Waals surface area contributed by atoms with E-state index in [9.17, 15) is 18.0 Å². The Balaban J connectivity index is 1.74. The minimum absolute atomic E-state index is 0.0621. The first-order chi connectivity index (χ1) is 19.5. The third kappa shape index (κ3) is 8.56. The van der Waals surface area contributed by atoms with Crippen molar-refractivity contribution in [2.75, 3.05) is 17.1 Å². The van der Waals surface area contributed by atoms with E-state index in [0.29, 0.717) is 16.3 Å². The Morgan fingerprint density at radius 1 is 1.00 bits per heavy atom. The van der Waals surface area contributed by atoms with E-state index in [4.69, 9.17) is 11.6 Å². The molecule has 0 spiro atoms. The summed E-state index contributed by atoms with van der Waals surface area (Å²) < 4.78 is 28.0. The molecule has 10 heteroatoms. The Morgan fingerprint density at radius 3 is 2.29 bits per heavy atom. The van der Waals surface area contributed by atoms with Crippen molar-refractivity contribution in [3.05, 3.63) is 99.0 Å². The van der Waals surface area contributed by atoms with Gasteiger partial charge < -0.3 is 10.2 Å². The molecule has 4 rings (SSSR count). The van der Waals surface area contributed by atoms with Crippen molar-refractivity contribution in [1.29, 1.82) is 0 Å². The fourth-order valence-electron chi connectivity index (χ4n) is 5.15. The number of nitrogens with zero attached hydrogens (tertiary/aromatic N) is 2. The second-order valence-corrected chi connectivity index (χ2v) is 13.8. The summed E-state index contributed by atoms with van der Waals surface area (Å²) in [5, 5.41) is 3.53. The van der Waals surface area contributed by atoms with Gasteiger partial charge in [0.15, 0.2) is 0 Å². The number of hydrogen-bond acceptors (Lipinski definition) is 4. The molecule has 3 aromatic carbocycles. The van der Waals surface area contributed by atoms with Crippen LogP contribution in [0.1, 0.15) is 42.4 Å². The maximum atomic E-state index is 14.2. The lowest BCUT2D eigenvalue weighted by Gasteiger charge is -2.34. The minimum Gasteiger partial charge on any atom is -0.352 e. The Kier molecular flexibility index (Phi) is 10.5. The van der Waals surface area contributed by atoms with Crippen LogP contribution < -0.4 is 9.62 Å². The molecule has 0 bridgehead atoms. The van der Waals surface area contributed by atoms with Gasteiger partial charge in [0.1, 0.15) is 12.6 Å². The van der Waals surface area contributed by atoms with Gasteiger partial charge in [0.05, 0.1) is 11.9 Å². The highest BCUT2D eigenvalue weighted by molar-refractivity contribution is 9.10. The Hall–Kier alpha value is -2.88. The number of amides is 2. The van der Waals surface area contributed by atoms with Crippen LogP contribution >= 0.6 is 27.5 Å². The van der Waals surface area contributed by atoms with Crippen molar-refractivity contribution in [1.82, 2.24) is 10.2 Å². The number of carbonyl (C=O) groups excluding carboxylic acids is 2. The van der Waals surface area contributed by atoms with Crippen LogP contribution in [0.4, 0.5) is 5.69 Å². The summed E-state index contributed by atoms with van der Waals surface area (Å²) in [7, 11) is -3.87. The average molecular weight is 661 g/mol. The van der Waals surface area contributed by atoms with Crippen molar-refractivity contribution in [3.8, 4) is 0 Å². The molecular weight excluding hydrogens is 626 g/mol. The lowest BCUT2D eigenvalue weighted by Crippen LogP contribution is -2.54. The van der Waals surface area contributed by atoms with E-state index in [2.05, 4.69) is 21.2 Å². The standard InChI is InChI=1S/C31H35BrClN3O4S/c1-22-12-17-26(33)19-28(22)36(41(2,39)40)21-30(37)35(20-24-13-15-25(32)16-14-24)29(18-23-8-4-3-5-9-23)31(38)34-27-10-6-7-11-27/h3-5,8-9,12-17,19,27,29H,6-7,10-11,18,20-21H2,1-2H3,(H,34,38)/t29-/m0/s1. The smallest absolute Gasteiger partial charge is 0.244 e. The highest BCUT2D eigenvalue weighted by Crippen LogP contribution is 2.27. The molecule has 7 nitrogen and oxygen atoms in total. The molecule has 0 aliphatic heterocycles. The van der Waals surface area contributed by atoms with Gasteiger partial charge in [-0.1, -0.05) is 88.9 Å². The lowest BCUT2D eigenvalue weighted by molar-refractivity contribution is -0.140. The number of sulfonamides is 1. The first-order valence-electron chi connectivity index (χ1n) is 13.6. The number of nitrogens with one attached hydrogen (secondary N) is 1. The van der Waals surface area contributed by atoms with E-state index < -0.39 is 28.5 Å². The van der Waals surface area contributed by atoms with Gasteiger partial charge in [-0.05, 0) is 60.7 Å². The van der Waals surface area contributed by atoms with Crippen molar-refractivity contribution in [3.63, 3.8) is 0 Å². The second-order valence-electron chi connectivity index (χ2n) is 10.5. The summed E-state index contributed by atoms with van der Waals surface area (Å²) in [6.45, 7) is 1.42. The van der Waals surface area contributed by atoms with Gasteiger partial charge in [-0.2, -0.15) is 0 Å². The van der Waals surface area contributed by atoms with Crippen LogP contribution in [-0.4, -0.2) is 50.0 Å². The second kappa shape index (κ2) is 13.9. The van der Waals surface area contributed by atoms with Crippen LogP contribution in [0.15, 0.2) is 77.3 Å². The Morgan fingerprint density at radius 2 is 1.66 bits per heavy atom.